The van der Waals surface area contributed by atoms with Gasteiger partial charge in [0.25, 0.3) is 0 Å². The molecule has 1 aromatic carbocycles. The lowest BCUT2D eigenvalue weighted by molar-refractivity contribution is -0.229. The Balaban J connectivity index is 0.00000992. The monoisotopic (exact) mass is 909 g/mol. The number of carbonyl (C=O) groups is 6. The number of alkyl carbamates (subject to hydrolysis) is 1. The Labute approximate surface area is 361 Å². The molecule has 0 aromatic heterocycles. The normalized spacial score (nSPS) is 26.3. The number of hydrogen-bond donors (Lipinski definition) is 14. The molecule has 0 saturated carbocycles. The van der Waals surface area contributed by atoms with Gasteiger partial charge in [0, 0.05) is 38.9 Å². The summed E-state index contributed by atoms with van der Waals surface area (Å²) in [6.45, 7) is -1.70. The first-order valence-corrected chi connectivity index (χ1v) is 20.0. The number of ether oxygens (including phenoxy) is 3. The molecule has 0 unspecified atom stereocenters. The maximum Gasteiger partial charge on any atom is 0.408 e. The Kier molecular flexibility index (Phi) is 25.9. The molecule has 2 aliphatic heterocycles. The van der Waals surface area contributed by atoms with Crippen molar-refractivity contribution in [3.8, 4) is 0 Å². The second-order valence-electron chi connectivity index (χ2n) is 14.7. The van der Waals surface area contributed by atoms with Crippen molar-refractivity contribution in [1.29, 1.82) is 0 Å². The Morgan fingerprint density at radius 2 is 1.06 bits per heavy atom. The molecule has 2 aliphatic rings. The molecule has 0 radical (unpaired) electrons. The molecule has 2 saturated heterocycles. The lowest BCUT2D eigenvalue weighted by Crippen LogP contribution is -2.59. The van der Waals surface area contributed by atoms with E-state index in [2.05, 4.69) is 26.6 Å². The number of benzene rings is 1. The van der Waals surface area contributed by atoms with Crippen LogP contribution in [0.5, 0.6) is 0 Å². The van der Waals surface area contributed by atoms with Crippen LogP contribution in [-0.4, -0.2) is 199 Å². The number of hydrogen-bond acceptors (Lipinski definition) is 17. The minimum Gasteiger partial charge on any atom is -0.481 e. The van der Waals surface area contributed by atoms with Gasteiger partial charge in [-0.05, 0) is 37.7 Å². The molecule has 63 heavy (non-hydrogen) atoms. The second kappa shape index (κ2) is 28.9. The van der Waals surface area contributed by atoms with Gasteiger partial charge in [0.2, 0.25) is 23.6 Å². The second-order valence-corrected chi connectivity index (χ2v) is 14.7. The van der Waals surface area contributed by atoms with Crippen LogP contribution in [0.2, 0.25) is 0 Å². The van der Waals surface area contributed by atoms with E-state index in [4.69, 9.17) is 19.3 Å². The van der Waals surface area contributed by atoms with E-state index in [1.54, 1.807) is 30.3 Å². The van der Waals surface area contributed by atoms with Crippen LogP contribution in [0.15, 0.2) is 30.3 Å². The molecule has 360 valence electrons. The topological polar surface area (TPSA) is 435 Å². The average molecular weight is 910 g/mol. The predicted molar refractivity (Wildman–Crippen MR) is 214 cm³/mol. The number of carbonyl (C=O) groups excluding carboxylic acids is 5. The largest absolute Gasteiger partial charge is 0.481 e. The fourth-order valence-electron chi connectivity index (χ4n) is 6.58. The van der Waals surface area contributed by atoms with Crippen LogP contribution < -0.4 is 26.6 Å². The first-order valence-electron chi connectivity index (χ1n) is 20.0. The van der Waals surface area contributed by atoms with E-state index in [1.165, 1.54) is 0 Å². The van der Waals surface area contributed by atoms with Gasteiger partial charge in [-0.2, -0.15) is 0 Å². The molecule has 2 heterocycles. The third-order valence-corrected chi connectivity index (χ3v) is 10.1. The van der Waals surface area contributed by atoms with E-state index in [0.717, 1.165) is 0 Å². The first-order chi connectivity index (χ1) is 29.1. The van der Waals surface area contributed by atoms with Crippen molar-refractivity contribution in [1.82, 2.24) is 26.6 Å². The fraction of sp³-hybridized carbons (Fsp3) is 0.684. The standard InChI is InChI=1S/C38H59N5O18.2H2O/c44-17-25-32(52)34(54)30(50)23(60-25)12-15-39-27(46)10-8-21(36(56)41-16-13-24-31(51)35(55)33(53)26(18-45)61-24)42-28(47)7-4-14-40-37(57)22(9-11-29(48)49)43-38(58)59-19-20-5-2-1-3-6-20;;/h1-3,5-6,21-26,30-35,44-45,50-55H,4,7-19H2,(H,39,46)(H,40,57)(H,41,56)(H,42,47)(H,43,58)(H,48,49);2*1H2/t21-,22-,23+,24+,25+,26+,30+,31+,32+,33+,34+,35+;;/m0../s1. The van der Waals surface area contributed by atoms with Gasteiger partial charge in [0.1, 0.15) is 67.5 Å². The van der Waals surface area contributed by atoms with Crippen molar-refractivity contribution in [2.24, 2.45) is 0 Å². The maximum atomic E-state index is 13.3. The molecule has 0 bridgehead atoms. The summed E-state index contributed by atoms with van der Waals surface area (Å²) in [5, 5.41) is 101. The zero-order chi connectivity index (χ0) is 45.1. The number of aliphatic carboxylic acids is 1. The van der Waals surface area contributed by atoms with Crippen molar-refractivity contribution >= 4 is 35.7 Å². The quantitative estimate of drug-likeness (QED) is 0.0429. The number of amides is 5. The number of aliphatic hydroxyl groups is 8. The van der Waals surface area contributed by atoms with Crippen molar-refractivity contribution in [2.45, 2.75) is 131 Å². The van der Waals surface area contributed by atoms with Crippen LogP contribution in [0.1, 0.15) is 56.9 Å². The van der Waals surface area contributed by atoms with E-state index < -0.39 is 128 Å². The van der Waals surface area contributed by atoms with Crippen molar-refractivity contribution in [3.05, 3.63) is 35.9 Å². The van der Waals surface area contributed by atoms with E-state index in [9.17, 15) is 69.6 Å². The molecule has 12 atom stereocenters. The first kappa shape index (κ1) is 56.4. The van der Waals surface area contributed by atoms with Crippen LogP contribution >= 0.6 is 0 Å². The highest BCUT2D eigenvalue weighted by atomic mass is 16.6. The Hall–Kier alpha value is -4.64. The summed E-state index contributed by atoms with van der Waals surface area (Å²) in [5.41, 5.74) is 0.684. The molecule has 0 spiro atoms. The minimum atomic E-state index is -1.63. The molecule has 1 aromatic rings. The fourth-order valence-corrected chi connectivity index (χ4v) is 6.58. The zero-order valence-electron chi connectivity index (χ0n) is 34.4. The lowest BCUT2D eigenvalue weighted by atomic mass is 9.93. The number of rotatable bonds is 24. The number of carboxylic acid groups (broad SMARTS) is 1. The van der Waals surface area contributed by atoms with Gasteiger partial charge in [-0.1, -0.05) is 30.3 Å². The van der Waals surface area contributed by atoms with Crippen LogP contribution in [0.3, 0.4) is 0 Å². The summed E-state index contributed by atoms with van der Waals surface area (Å²) < 4.78 is 16.0. The predicted octanol–water partition coefficient (Wildman–Crippen LogP) is -6.64. The molecule has 25 nitrogen and oxygen atoms in total. The zero-order valence-corrected chi connectivity index (χ0v) is 34.4. The Morgan fingerprint density at radius 3 is 1.59 bits per heavy atom. The van der Waals surface area contributed by atoms with Gasteiger partial charge in [-0.15, -0.1) is 0 Å². The average Bonchev–Trinajstić information content (AvgIpc) is 3.24. The van der Waals surface area contributed by atoms with E-state index >= 15 is 0 Å². The summed E-state index contributed by atoms with van der Waals surface area (Å²) in [4.78, 5) is 75.5. The number of aliphatic hydroxyl groups excluding tert-OH is 8. The van der Waals surface area contributed by atoms with Gasteiger partial charge >= 0.3 is 12.1 Å². The number of carboxylic acids is 1. The van der Waals surface area contributed by atoms with Gasteiger partial charge in [0.15, 0.2) is 0 Å². The lowest BCUT2D eigenvalue weighted by Gasteiger charge is -2.40. The Bertz CT molecular complexity index is 1560. The van der Waals surface area contributed by atoms with E-state index in [1.807, 2.05) is 0 Å². The van der Waals surface area contributed by atoms with Crippen LogP contribution in [0.4, 0.5) is 4.79 Å². The van der Waals surface area contributed by atoms with Crippen LogP contribution in [0, 0.1) is 0 Å². The minimum absolute atomic E-state index is 0. The van der Waals surface area contributed by atoms with Crippen molar-refractivity contribution in [2.75, 3.05) is 32.8 Å². The third kappa shape index (κ3) is 18.5. The highest BCUT2D eigenvalue weighted by Crippen LogP contribution is 2.24. The molecule has 2 fully saturated rings. The van der Waals surface area contributed by atoms with Gasteiger partial charge in [-0.3, -0.25) is 24.0 Å². The van der Waals surface area contributed by atoms with Crippen molar-refractivity contribution < 1.29 is 99.9 Å². The summed E-state index contributed by atoms with van der Waals surface area (Å²) in [5.74, 6) is -3.90. The summed E-state index contributed by atoms with van der Waals surface area (Å²) in [7, 11) is 0. The summed E-state index contributed by atoms with van der Waals surface area (Å²) >= 11 is 0. The highest BCUT2D eigenvalue weighted by molar-refractivity contribution is 5.88. The van der Waals surface area contributed by atoms with Crippen LogP contribution in [-0.2, 0) is 44.8 Å². The third-order valence-electron chi connectivity index (χ3n) is 10.1. The molecular formula is C38H63N5O20. The summed E-state index contributed by atoms with van der Waals surface area (Å²) in [6, 6.07) is 6.14. The van der Waals surface area contributed by atoms with Gasteiger partial charge < -0.3 is 97.7 Å². The highest BCUT2D eigenvalue weighted by Gasteiger charge is 2.44. The summed E-state index contributed by atoms with van der Waals surface area (Å²) in [6.07, 6.45) is -16.3. The molecular weight excluding hydrogens is 846 g/mol. The van der Waals surface area contributed by atoms with Gasteiger partial charge in [0.05, 0.1) is 25.4 Å². The Morgan fingerprint density at radius 1 is 0.587 bits per heavy atom. The van der Waals surface area contributed by atoms with Crippen LogP contribution in [0.25, 0.3) is 0 Å². The molecule has 5 amide bonds. The molecule has 18 N–H and O–H groups in total. The van der Waals surface area contributed by atoms with E-state index in [-0.39, 0.29) is 82.1 Å². The van der Waals surface area contributed by atoms with Crippen molar-refractivity contribution in [3.63, 3.8) is 0 Å². The molecule has 25 heteroatoms. The number of nitrogens with one attached hydrogen (secondary N) is 5. The van der Waals surface area contributed by atoms with E-state index in [0.29, 0.717) is 5.56 Å². The SMILES string of the molecule is O.O.O=C(O)CC[C@H](NC(=O)OCc1ccccc1)C(=O)NCCCC(=O)N[C@@H](CCC(=O)NCC[C@H]1O[C@H](CO)[C@@H](O)[C@H](O)[C@@H]1O)C(=O)NCC[C@H]1O[C@H](CO)[C@@H](O)[C@H](O)[C@@H]1O. The molecule has 0 aliphatic carbocycles. The van der Waals surface area contributed by atoms with Gasteiger partial charge in [-0.25, -0.2) is 4.79 Å². The smallest absolute Gasteiger partial charge is 0.408 e. The maximum absolute atomic E-state index is 13.3. The molecule has 3 rings (SSSR count).